The number of hydrogen-bond acceptors (Lipinski definition) is 16. The molecule has 0 saturated carbocycles. The fourth-order valence-electron chi connectivity index (χ4n) is 13.9. The number of phenols is 2. The average molecular weight is 1760 g/mol. The van der Waals surface area contributed by atoms with Crippen LogP contribution >= 0.6 is 11.6 Å². The first kappa shape index (κ1) is 103. The van der Waals surface area contributed by atoms with Gasteiger partial charge in [-0.1, -0.05) is 180 Å². The lowest BCUT2D eigenvalue weighted by Gasteiger charge is -2.20. The van der Waals surface area contributed by atoms with Crippen molar-refractivity contribution in [1.82, 2.24) is 0 Å². The van der Waals surface area contributed by atoms with Gasteiger partial charge in [0.05, 0.1) is 81.1 Å². The zero-order chi connectivity index (χ0) is 92.4. The van der Waals surface area contributed by atoms with Crippen LogP contribution in [0.3, 0.4) is 0 Å². The molecule has 0 aromatic heterocycles. The monoisotopic (exact) mass is 1750 g/mol. The molecule has 0 amide bonds. The van der Waals surface area contributed by atoms with E-state index in [9.17, 15) is 52.8 Å². The first-order chi connectivity index (χ1) is 60.4. The number of hydrogen-bond donors (Lipinski definition) is 4. The first-order valence-electron chi connectivity index (χ1n) is 42.9. The maximum Gasteiger partial charge on any atom is 0.306 e. The van der Waals surface area contributed by atoms with Gasteiger partial charge < -0.3 is 67.8 Å². The van der Waals surface area contributed by atoms with Gasteiger partial charge >= 0.3 is 23.9 Å². The first-order valence-corrected chi connectivity index (χ1v) is 43.4. The van der Waals surface area contributed by atoms with E-state index in [1.807, 2.05) is 143 Å². The summed E-state index contributed by atoms with van der Waals surface area (Å²) in [6, 6.07) is 60.1. The number of carbonyl (C=O) groups is 4. The number of carboxylic acid groups (broad SMARTS) is 2. The predicted octanol–water partition coefficient (Wildman–Crippen LogP) is 25.8. The van der Waals surface area contributed by atoms with Crippen molar-refractivity contribution in [2.24, 2.45) is 23.7 Å². The molecule has 4 N–H and O–H groups in total. The molecule has 0 aliphatic rings. The highest BCUT2D eigenvalue weighted by atomic mass is 35.5. The van der Waals surface area contributed by atoms with Gasteiger partial charge in [0.25, 0.3) is 0 Å². The molecule has 10 aromatic rings. The van der Waals surface area contributed by atoms with Crippen LogP contribution < -0.4 is 37.9 Å². The molecular formula is C104H126ClF3O18. The van der Waals surface area contributed by atoms with E-state index >= 15 is 0 Å². The SMILES string of the molecule is CCCCOc1cc(CCl)ccc1-c1cc(OC)ccc1F.CCCCOc1cc(COc2cccc([C@@H](CC(=O)O)C(C)C)c2)ccc1-c1cc(OC)ccc1F.CCCCOc1cc(COc2cccc([C@H](CC(=O)O)C(C)C)c2)ccc1-c1cc(OC)ccc1F.COC(=O)C[C@@H](c1cccc(O)c1)C(C)C.COC(=O)C[C@H](c1cccc(O)c1)C(C)C. The number of ether oxygens (including phenoxy) is 10. The molecule has 22 heteroatoms. The third kappa shape index (κ3) is 33.6. The van der Waals surface area contributed by atoms with Gasteiger partial charge in [0.1, 0.15) is 88.2 Å². The molecule has 10 aromatic carbocycles. The lowest BCUT2D eigenvalue weighted by molar-refractivity contribution is -0.142. The molecule has 0 spiro atoms. The molecule has 4 atom stereocenters. The Morgan fingerprint density at radius 3 is 0.905 bits per heavy atom. The molecule has 0 radical (unpaired) electrons. The molecule has 0 unspecified atom stereocenters. The Kier molecular flexibility index (Phi) is 44.2. The summed E-state index contributed by atoms with van der Waals surface area (Å²) in [5.74, 6) is 3.67. The van der Waals surface area contributed by atoms with Gasteiger partial charge in [0.2, 0.25) is 0 Å². The maximum atomic E-state index is 14.7. The van der Waals surface area contributed by atoms with E-state index in [0.717, 1.165) is 77.5 Å². The Hall–Kier alpha value is -11.8. The van der Waals surface area contributed by atoms with Gasteiger partial charge in [-0.2, -0.15) is 0 Å². The van der Waals surface area contributed by atoms with Gasteiger partial charge in [-0.15, -0.1) is 11.6 Å². The highest BCUT2D eigenvalue weighted by Crippen LogP contribution is 2.41. The summed E-state index contributed by atoms with van der Waals surface area (Å²) in [5.41, 5.74) is 9.85. The molecule has 0 aliphatic heterocycles. The predicted molar refractivity (Wildman–Crippen MR) is 492 cm³/mol. The third-order valence-corrected chi connectivity index (χ3v) is 21.5. The van der Waals surface area contributed by atoms with Crippen LogP contribution in [0.5, 0.6) is 57.5 Å². The summed E-state index contributed by atoms with van der Waals surface area (Å²) in [6.07, 6.45) is 6.58. The molecule has 0 saturated heterocycles. The Labute approximate surface area is 747 Å². The quantitative estimate of drug-likeness (QED) is 0.0158. The molecule has 678 valence electrons. The minimum atomic E-state index is -0.816. The number of carbonyl (C=O) groups excluding carboxylic acids is 2. The smallest absolute Gasteiger partial charge is 0.306 e. The van der Waals surface area contributed by atoms with E-state index in [2.05, 4.69) is 57.9 Å². The number of aliphatic carboxylic acids is 2. The number of alkyl halides is 1. The number of esters is 2. The van der Waals surface area contributed by atoms with E-state index in [4.69, 9.17) is 49.5 Å². The van der Waals surface area contributed by atoms with Crippen molar-refractivity contribution in [3.05, 3.63) is 263 Å². The van der Waals surface area contributed by atoms with Crippen molar-refractivity contribution in [2.45, 2.75) is 183 Å². The minimum Gasteiger partial charge on any atom is -0.508 e. The number of carboxylic acids is 2. The topological polar surface area (TPSA) is 241 Å². The van der Waals surface area contributed by atoms with Crippen LogP contribution in [0, 0.1) is 41.1 Å². The number of aromatic hydroxyl groups is 2. The standard InChI is InChI=1S/2C30H35FO5.C18H20ClFO2.2C13H18O3/c2*1-5-6-14-35-29-15-21(10-12-25(29)27-17-23(34-4)11-13-28(27)31)19-36-24-9-7-8-22(16-24)26(20(2)3)18-30(32)33;1-3-4-9-22-18-10-13(12-19)5-7-15(18)16-11-14(21-2)6-8-17(16)20;2*1-9(2)12(8-13(15)16-3)10-5-4-6-11(14)7-10/h2*7-13,15-17,20,26H,5-6,14,18-19H2,1-4H3,(H,32,33);5-8,10-11H,3-4,9,12H2,1-2H3;2*4-7,9,12,14H,8H2,1-3H3/t2*26-;;2*12-/m10.10/s1. The van der Waals surface area contributed by atoms with Gasteiger partial charge in [-0.3, -0.25) is 19.2 Å². The summed E-state index contributed by atoms with van der Waals surface area (Å²) in [4.78, 5) is 45.2. The zero-order valence-corrected chi connectivity index (χ0v) is 76.3. The second-order valence-electron chi connectivity index (χ2n) is 31.8. The van der Waals surface area contributed by atoms with Crippen molar-refractivity contribution in [2.75, 3.05) is 55.4 Å². The highest BCUT2D eigenvalue weighted by molar-refractivity contribution is 6.17. The fourth-order valence-corrected chi connectivity index (χ4v) is 14.0. The number of halogens is 4. The van der Waals surface area contributed by atoms with Crippen LogP contribution in [0.1, 0.15) is 203 Å². The lowest BCUT2D eigenvalue weighted by Crippen LogP contribution is -2.13. The molecule has 10 rings (SSSR count). The molecule has 18 nitrogen and oxygen atoms in total. The second kappa shape index (κ2) is 54.1. The second-order valence-corrected chi connectivity index (χ2v) is 32.1. The van der Waals surface area contributed by atoms with E-state index in [0.29, 0.717) is 143 Å². The maximum absolute atomic E-state index is 14.7. The van der Waals surface area contributed by atoms with Crippen LogP contribution in [-0.2, 0) is 47.7 Å². The fraction of sp³-hybridized carbons (Fsp3) is 0.385. The number of methoxy groups -OCH3 is 5. The largest absolute Gasteiger partial charge is 0.508 e. The molecule has 0 fully saturated rings. The van der Waals surface area contributed by atoms with Crippen molar-refractivity contribution >= 4 is 35.5 Å². The van der Waals surface area contributed by atoms with Crippen LogP contribution in [0.25, 0.3) is 33.4 Å². The third-order valence-electron chi connectivity index (χ3n) is 21.2. The summed E-state index contributed by atoms with van der Waals surface area (Å²) < 4.78 is 98.8. The van der Waals surface area contributed by atoms with E-state index in [1.165, 1.54) is 32.4 Å². The molecule has 126 heavy (non-hydrogen) atoms. The minimum absolute atomic E-state index is 0.0713. The van der Waals surface area contributed by atoms with Gasteiger partial charge in [0, 0.05) is 39.3 Å². The van der Waals surface area contributed by atoms with E-state index in [-0.39, 0.29) is 89.2 Å². The van der Waals surface area contributed by atoms with E-state index < -0.39 is 11.9 Å². The zero-order valence-electron chi connectivity index (χ0n) is 75.6. The Balaban J connectivity index is 0.000000254. The molecule has 0 heterocycles. The Bertz CT molecular complexity index is 4770. The molecule has 0 bridgehead atoms. The number of rotatable bonds is 41. The van der Waals surface area contributed by atoms with Crippen LogP contribution in [0.4, 0.5) is 13.2 Å². The van der Waals surface area contributed by atoms with Crippen molar-refractivity contribution in [3.63, 3.8) is 0 Å². The molecule has 0 aliphatic carbocycles. The average Bonchev–Trinajstić information content (AvgIpc) is 0.810. The lowest BCUT2D eigenvalue weighted by atomic mass is 9.86. The van der Waals surface area contributed by atoms with Crippen molar-refractivity contribution in [1.29, 1.82) is 0 Å². The molecular weight excluding hydrogens is 1630 g/mol. The highest BCUT2D eigenvalue weighted by Gasteiger charge is 2.26. The van der Waals surface area contributed by atoms with E-state index in [1.54, 1.807) is 94.1 Å². The van der Waals surface area contributed by atoms with Gasteiger partial charge in [-0.25, -0.2) is 13.2 Å². The van der Waals surface area contributed by atoms with Crippen LogP contribution in [0.2, 0.25) is 0 Å². The Morgan fingerprint density at radius 2 is 0.627 bits per heavy atom. The van der Waals surface area contributed by atoms with Gasteiger partial charge in [0.15, 0.2) is 0 Å². The normalized spacial score (nSPS) is 11.8. The number of benzene rings is 10. The summed E-state index contributed by atoms with van der Waals surface area (Å²) >= 11 is 5.89. The summed E-state index contributed by atoms with van der Waals surface area (Å²) in [5, 5.41) is 37.4. The Morgan fingerprint density at radius 1 is 0.333 bits per heavy atom. The van der Waals surface area contributed by atoms with Gasteiger partial charge in [-0.05, 0) is 227 Å². The number of unbranched alkanes of at least 4 members (excludes halogenated alkanes) is 3. The number of phenolic OH excluding ortho intramolecular Hbond substituents is 2. The summed E-state index contributed by atoms with van der Waals surface area (Å²) in [6.45, 7) is 24.8. The van der Waals surface area contributed by atoms with Crippen LogP contribution in [0.15, 0.2) is 206 Å². The van der Waals surface area contributed by atoms with Crippen LogP contribution in [-0.4, -0.2) is 99.7 Å². The van der Waals surface area contributed by atoms with Crippen molar-refractivity contribution in [3.8, 4) is 90.9 Å². The summed E-state index contributed by atoms with van der Waals surface area (Å²) in [7, 11) is 7.45. The van der Waals surface area contributed by atoms with Crippen molar-refractivity contribution < 1.29 is 100 Å².